The minimum absolute atomic E-state index is 0.0249. The van der Waals surface area contributed by atoms with Gasteiger partial charge in [-0.25, -0.2) is 4.39 Å². The molecule has 3 nitrogen and oxygen atoms in total. The van der Waals surface area contributed by atoms with E-state index in [2.05, 4.69) is 4.98 Å². The summed E-state index contributed by atoms with van der Waals surface area (Å²) in [7, 11) is 1.41. The van der Waals surface area contributed by atoms with E-state index in [4.69, 9.17) is 4.74 Å². The molecule has 0 bridgehead atoms. The third kappa shape index (κ3) is 2.62. The first kappa shape index (κ1) is 13.2. The van der Waals surface area contributed by atoms with E-state index in [1.165, 1.54) is 19.2 Å². The number of hydrogen-bond acceptors (Lipinski definition) is 3. The van der Waals surface area contributed by atoms with Gasteiger partial charge in [0.25, 0.3) is 0 Å². The normalized spacial score (nSPS) is 11.9. The van der Waals surface area contributed by atoms with Crippen LogP contribution in [0.25, 0.3) is 0 Å². The first-order chi connectivity index (χ1) is 9.15. The molecular weight excluding hydrogens is 245 g/mol. The van der Waals surface area contributed by atoms with Crippen molar-refractivity contribution < 1.29 is 13.9 Å². The summed E-state index contributed by atoms with van der Waals surface area (Å²) in [6, 6.07) is 9.64. The van der Waals surface area contributed by atoms with Gasteiger partial charge >= 0.3 is 0 Å². The van der Waals surface area contributed by atoms with Crippen LogP contribution >= 0.6 is 0 Å². The zero-order chi connectivity index (χ0) is 13.8. The van der Waals surface area contributed by atoms with Crippen molar-refractivity contribution in [2.75, 3.05) is 7.11 Å². The molecule has 98 valence electrons. The number of ketones is 1. The number of nitrogens with zero attached hydrogens (tertiary/aromatic N) is 1. The number of aromatic nitrogens is 1. The van der Waals surface area contributed by atoms with Crippen LogP contribution in [0.5, 0.6) is 5.75 Å². The Hall–Kier alpha value is -2.23. The van der Waals surface area contributed by atoms with E-state index in [0.717, 1.165) is 0 Å². The smallest absolute Gasteiger partial charge is 0.178 e. The summed E-state index contributed by atoms with van der Waals surface area (Å²) in [5.74, 6) is -1.19. The van der Waals surface area contributed by atoms with E-state index in [1.54, 1.807) is 37.4 Å². The molecule has 1 aromatic heterocycles. The average Bonchev–Trinajstić information content (AvgIpc) is 2.46. The van der Waals surface area contributed by atoms with E-state index < -0.39 is 11.7 Å². The molecule has 0 aliphatic heterocycles. The molecule has 0 aliphatic carbocycles. The maximum Gasteiger partial charge on any atom is 0.178 e. The Morgan fingerprint density at radius 2 is 2.05 bits per heavy atom. The maximum atomic E-state index is 13.8. The molecule has 0 saturated heterocycles. The number of hydrogen-bond donors (Lipinski definition) is 0. The predicted molar refractivity (Wildman–Crippen MR) is 69.9 cm³/mol. The Morgan fingerprint density at radius 3 is 2.68 bits per heavy atom. The first-order valence-electron chi connectivity index (χ1n) is 5.92. The fraction of sp³-hybridized carbons (Fsp3) is 0.200. The molecule has 2 rings (SSSR count). The van der Waals surface area contributed by atoms with Gasteiger partial charge in [0.05, 0.1) is 24.3 Å². The van der Waals surface area contributed by atoms with Crippen LogP contribution in [0.15, 0.2) is 42.6 Å². The highest BCUT2D eigenvalue weighted by molar-refractivity contribution is 6.02. The average molecular weight is 259 g/mol. The molecule has 19 heavy (non-hydrogen) atoms. The van der Waals surface area contributed by atoms with Gasteiger partial charge in [-0.2, -0.15) is 0 Å². The van der Waals surface area contributed by atoms with Gasteiger partial charge in [-0.05, 0) is 31.2 Å². The summed E-state index contributed by atoms with van der Waals surface area (Å²) in [5.41, 5.74) is 0.584. The Balaban J connectivity index is 2.40. The standard InChI is InChI=1S/C15H14FNO2/c1-10(12-7-3-4-9-17-12)15(18)14-11(16)6-5-8-13(14)19-2/h3-10H,1-2H3. The summed E-state index contributed by atoms with van der Waals surface area (Å²) in [6.07, 6.45) is 1.61. The minimum atomic E-state index is -0.577. The van der Waals surface area contributed by atoms with Crippen molar-refractivity contribution in [2.24, 2.45) is 0 Å². The molecule has 0 saturated carbocycles. The van der Waals surface area contributed by atoms with E-state index in [-0.39, 0.29) is 17.1 Å². The molecule has 4 heteroatoms. The summed E-state index contributed by atoms with van der Waals surface area (Å²) in [5, 5.41) is 0. The lowest BCUT2D eigenvalue weighted by Gasteiger charge is -2.13. The van der Waals surface area contributed by atoms with E-state index in [0.29, 0.717) is 5.69 Å². The van der Waals surface area contributed by atoms with Crippen molar-refractivity contribution in [3.8, 4) is 5.75 Å². The number of methoxy groups -OCH3 is 1. The van der Waals surface area contributed by atoms with E-state index >= 15 is 0 Å². The molecule has 0 N–H and O–H groups in total. The Labute approximate surface area is 111 Å². The first-order valence-corrected chi connectivity index (χ1v) is 5.92. The maximum absolute atomic E-state index is 13.8. The van der Waals surface area contributed by atoms with Crippen LogP contribution in [0.4, 0.5) is 4.39 Å². The second kappa shape index (κ2) is 5.61. The van der Waals surface area contributed by atoms with Crippen molar-refractivity contribution in [2.45, 2.75) is 12.8 Å². The molecule has 1 heterocycles. The van der Waals surface area contributed by atoms with Crippen LogP contribution in [0.3, 0.4) is 0 Å². The van der Waals surface area contributed by atoms with Crippen LogP contribution in [0.1, 0.15) is 28.9 Å². The molecule has 0 aliphatic rings. The number of carbonyl (C=O) groups is 1. The fourth-order valence-corrected chi connectivity index (χ4v) is 1.90. The molecular formula is C15H14FNO2. The van der Waals surface area contributed by atoms with Crippen LogP contribution < -0.4 is 4.74 Å². The van der Waals surface area contributed by atoms with Crippen molar-refractivity contribution in [1.29, 1.82) is 0 Å². The Kier molecular flexibility index (Phi) is 3.90. The van der Waals surface area contributed by atoms with Crippen LogP contribution in [0.2, 0.25) is 0 Å². The lowest BCUT2D eigenvalue weighted by Crippen LogP contribution is -2.14. The zero-order valence-corrected chi connectivity index (χ0v) is 10.8. The molecule has 0 fully saturated rings. The molecule has 1 aromatic carbocycles. The topological polar surface area (TPSA) is 39.2 Å². The summed E-state index contributed by atoms with van der Waals surface area (Å²) in [6.45, 7) is 1.70. The van der Waals surface area contributed by atoms with Crippen LogP contribution in [0, 0.1) is 5.82 Å². The third-order valence-electron chi connectivity index (χ3n) is 2.97. The van der Waals surface area contributed by atoms with Gasteiger partial charge in [-0.3, -0.25) is 9.78 Å². The van der Waals surface area contributed by atoms with Crippen molar-refractivity contribution in [3.63, 3.8) is 0 Å². The van der Waals surface area contributed by atoms with Gasteiger partial charge < -0.3 is 4.74 Å². The van der Waals surface area contributed by atoms with Crippen molar-refractivity contribution in [3.05, 3.63) is 59.7 Å². The van der Waals surface area contributed by atoms with Crippen molar-refractivity contribution in [1.82, 2.24) is 4.98 Å². The second-order valence-corrected chi connectivity index (χ2v) is 4.16. The summed E-state index contributed by atoms with van der Waals surface area (Å²) in [4.78, 5) is 16.5. The fourth-order valence-electron chi connectivity index (χ4n) is 1.90. The number of pyridine rings is 1. The quantitative estimate of drug-likeness (QED) is 0.791. The number of ether oxygens (including phenoxy) is 1. The molecule has 0 spiro atoms. The Morgan fingerprint density at radius 1 is 1.26 bits per heavy atom. The molecule has 1 unspecified atom stereocenters. The van der Waals surface area contributed by atoms with Crippen LogP contribution in [-0.4, -0.2) is 17.9 Å². The lowest BCUT2D eigenvalue weighted by atomic mass is 9.95. The number of halogens is 1. The Bertz CT molecular complexity index is 584. The highest BCUT2D eigenvalue weighted by atomic mass is 19.1. The number of rotatable bonds is 4. The van der Waals surface area contributed by atoms with Gasteiger partial charge in [0.2, 0.25) is 0 Å². The van der Waals surface area contributed by atoms with Crippen LogP contribution in [-0.2, 0) is 0 Å². The minimum Gasteiger partial charge on any atom is -0.496 e. The van der Waals surface area contributed by atoms with E-state index in [1.807, 2.05) is 0 Å². The third-order valence-corrected chi connectivity index (χ3v) is 2.97. The largest absolute Gasteiger partial charge is 0.496 e. The van der Waals surface area contributed by atoms with Gasteiger partial charge in [0.1, 0.15) is 11.6 Å². The van der Waals surface area contributed by atoms with Crippen molar-refractivity contribution >= 4 is 5.78 Å². The molecule has 0 radical (unpaired) electrons. The SMILES string of the molecule is COc1cccc(F)c1C(=O)C(C)c1ccccn1. The number of benzene rings is 1. The van der Waals surface area contributed by atoms with E-state index in [9.17, 15) is 9.18 Å². The monoisotopic (exact) mass is 259 g/mol. The highest BCUT2D eigenvalue weighted by Gasteiger charge is 2.24. The molecule has 2 aromatic rings. The van der Waals surface area contributed by atoms with Gasteiger partial charge in [-0.15, -0.1) is 0 Å². The predicted octanol–water partition coefficient (Wildman–Crippen LogP) is 3.22. The van der Waals surface area contributed by atoms with Gasteiger partial charge in [0, 0.05) is 6.20 Å². The highest BCUT2D eigenvalue weighted by Crippen LogP contribution is 2.27. The molecule has 1 atom stereocenters. The van der Waals surface area contributed by atoms with Gasteiger partial charge in [-0.1, -0.05) is 12.1 Å². The summed E-state index contributed by atoms with van der Waals surface area (Å²) >= 11 is 0. The number of Topliss-reactive ketones (excluding diaryl/α,β-unsaturated/α-hetero) is 1. The van der Waals surface area contributed by atoms with Gasteiger partial charge in [0.15, 0.2) is 5.78 Å². The summed E-state index contributed by atoms with van der Waals surface area (Å²) < 4.78 is 18.9. The second-order valence-electron chi connectivity index (χ2n) is 4.16. The lowest BCUT2D eigenvalue weighted by molar-refractivity contribution is 0.0957. The molecule has 0 amide bonds. The zero-order valence-electron chi connectivity index (χ0n) is 10.8. The number of carbonyl (C=O) groups excluding carboxylic acids is 1.